The van der Waals surface area contributed by atoms with Crippen LogP contribution in [0.4, 0.5) is 0 Å². The van der Waals surface area contributed by atoms with Gasteiger partial charge in [0.2, 0.25) is 0 Å². The summed E-state index contributed by atoms with van der Waals surface area (Å²) < 4.78 is 52.6. The second-order valence-electron chi connectivity index (χ2n) is 6.98. The highest BCUT2D eigenvalue weighted by atomic mass is 31.2. The maximum Gasteiger partial charge on any atom is 0.475 e. The Hall–Kier alpha value is 0.260. The summed E-state index contributed by atoms with van der Waals surface area (Å²) in [6.07, 6.45) is 6.06. The number of hydrogen-bond acceptors (Lipinski definition) is 7. The fourth-order valence-electron chi connectivity index (χ4n) is 2.53. The van der Waals surface area contributed by atoms with Gasteiger partial charge in [0.25, 0.3) is 0 Å². The third kappa shape index (κ3) is 9.08. The van der Waals surface area contributed by atoms with E-state index in [0.29, 0.717) is 32.5 Å². The van der Waals surface area contributed by atoms with E-state index in [-0.39, 0.29) is 18.6 Å². The van der Waals surface area contributed by atoms with Crippen molar-refractivity contribution in [3.05, 3.63) is 6.92 Å². The van der Waals surface area contributed by atoms with Gasteiger partial charge in [-0.25, -0.2) is 4.57 Å². The van der Waals surface area contributed by atoms with Crippen molar-refractivity contribution in [2.24, 2.45) is 5.41 Å². The zero-order valence-corrected chi connectivity index (χ0v) is 18.8. The number of phosphoric acid groups is 1. The molecule has 1 aliphatic rings. The fraction of sp³-hybridized carbons (Fsp3) is 0.944. The molecule has 2 radical (unpaired) electrons. The minimum absolute atomic E-state index is 0.122. The molecule has 1 heterocycles. The van der Waals surface area contributed by atoms with Crippen molar-refractivity contribution in [1.82, 2.24) is 0 Å². The molecule has 0 aromatic heterocycles. The van der Waals surface area contributed by atoms with Crippen molar-refractivity contribution >= 4 is 15.4 Å². The Bertz CT molecular complexity index is 472. The molecule has 1 saturated heterocycles. The van der Waals surface area contributed by atoms with Gasteiger partial charge in [-0.15, -0.1) is 0 Å². The molecule has 160 valence electrons. The lowest BCUT2D eigenvalue weighted by Crippen LogP contribution is -2.35. The SMILES string of the molecule is [CH]CCCOP(=O)(OCCCC)OCP1(=O)OCC(CC)(CCCC)CO1. The van der Waals surface area contributed by atoms with Crippen molar-refractivity contribution in [2.75, 3.05) is 32.8 Å². The van der Waals surface area contributed by atoms with Gasteiger partial charge in [0, 0.05) is 5.41 Å². The molecule has 0 spiro atoms. The van der Waals surface area contributed by atoms with E-state index < -0.39 is 21.8 Å². The standard InChI is InChI=1S/C18H36O7P2/c1-5-9-12-18(8-4)15-23-26(19,24-16-18)17-25-27(20,21-13-10-6-2)22-14-11-7-3/h2H,5-17H2,1,3-4H3. The molecule has 0 saturated carbocycles. The zero-order chi connectivity index (χ0) is 20.2. The summed E-state index contributed by atoms with van der Waals surface area (Å²) in [5, 5.41) is 0. The summed E-state index contributed by atoms with van der Waals surface area (Å²) >= 11 is 0. The molecule has 1 unspecified atom stereocenters. The molecule has 0 aliphatic carbocycles. The smallest absolute Gasteiger partial charge is 0.306 e. The van der Waals surface area contributed by atoms with Crippen LogP contribution < -0.4 is 0 Å². The average Bonchev–Trinajstić information content (AvgIpc) is 2.67. The molecule has 0 amide bonds. The molecule has 0 N–H and O–H groups in total. The minimum atomic E-state index is -3.83. The summed E-state index contributed by atoms with van der Waals surface area (Å²) in [4.78, 5) is 0. The Balaban J connectivity index is 2.60. The molecule has 7 nitrogen and oxygen atoms in total. The molecule has 1 rings (SSSR count). The van der Waals surface area contributed by atoms with Crippen molar-refractivity contribution in [2.45, 2.75) is 72.1 Å². The molecule has 1 atom stereocenters. The predicted octanol–water partition coefficient (Wildman–Crippen LogP) is 6.22. The summed E-state index contributed by atoms with van der Waals surface area (Å²) in [6.45, 7) is 12.7. The first kappa shape index (κ1) is 25.3. The second-order valence-corrected chi connectivity index (χ2v) is 10.6. The molecule has 0 aromatic carbocycles. The lowest BCUT2D eigenvalue weighted by molar-refractivity contribution is 0.000385. The Morgan fingerprint density at radius 2 is 1.59 bits per heavy atom. The van der Waals surface area contributed by atoms with E-state index >= 15 is 0 Å². The minimum Gasteiger partial charge on any atom is -0.306 e. The van der Waals surface area contributed by atoms with Crippen LogP contribution in [0.3, 0.4) is 0 Å². The predicted molar refractivity (Wildman–Crippen MR) is 106 cm³/mol. The molecule has 1 fully saturated rings. The first-order chi connectivity index (χ1) is 12.9. The van der Waals surface area contributed by atoms with Gasteiger partial charge in [0.1, 0.15) is 0 Å². The van der Waals surface area contributed by atoms with Gasteiger partial charge in [0.05, 0.1) is 26.4 Å². The van der Waals surface area contributed by atoms with E-state index in [4.69, 9.17) is 29.5 Å². The number of hydrogen-bond donors (Lipinski definition) is 0. The van der Waals surface area contributed by atoms with Crippen LogP contribution in [0.5, 0.6) is 0 Å². The van der Waals surface area contributed by atoms with Gasteiger partial charge in [-0.1, -0.05) is 40.0 Å². The van der Waals surface area contributed by atoms with Gasteiger partial charge < -0.3 is 9.05 Å². The van der Waals surface area contributed by atoms with E-state index in [0.717, 1.165) is 32.1 Å². The van der Waals surface area contributed by atoms with Crippen molar-refractivity contribution < 1.29 is 31.7 Å². The van der Waals surface area contributed by atoms with Crippen LogP contribution in [0.25, 0.3) is 0 Å². The molecule has 0 bridgehead atoms. The van der Waals surface area contributed by atoms with Crippen LogP contribution >= 0.6 is 15.4 Å². The van der Waals surface area contributed by atoms with Gasteiger partial charge in [-0.3, -0.25) is 18.1 Å². The highest BCUT2D eigenvalue weighted by Crippen LogP contribution is 2.60. The van der Waals surface area contributed by atoms with Crippen molar-refractivity contribution in [1.29, 1.82) is 0 Å². The quantitative estimate of drug-likeness (QED) is 0.227. The topological polar surface area (TPSA) is 80.3 Å². The maximum absolute atomic E-state index is 12.8. The normalized spacial score (nSPS) is 26.4. The van der Waals surface area contributed by atoms with Gasteiger partial charge in [0.15, 0.2) is 6.35 Å². The van der Waals surface area contributed by atoms with E-state index in [1.807, 2.05) is 6.92 Å². The van der Waals surface area contributed by atoms with Gasteiger partial charge in [-0.2, -0.15) is 0 Å². The fourth-order valence-corrected chi connectivity index (χ4v) is 5.76. The van der Waals surface area contributed by atoms with Crippen LogP contribution in [-0.4, -0.2) is 32.8 Å². The number of phosphoric ester groups is 1. The molecular weight excluding hydrogens is 390 g/mol. The summed E-state index contributed by atoms with van der Waals surface area (Å²) in [7, 11) is -7.32. The Labute approximate surface area is 165 Å². The highest BCUT2D eigenvalue weighted by molar-refractivity contribution is 7.55. The van der Waals surface area contributed by atoms with E-state index in [1.54, 1.807) is 0 Å². The van der Waals surface area contributed by atoms with Crippen LogP contribution in [0.15, 0.2) is 0 Å². The van der Waals surface area contributed by atoms with Crippen LogP contribution in [0.2, 0.25) is 0 Å². The first-order valence-electron chi connectivity index (χ1n) is 9.98. The van der Waals surface area contributed by atoms with Crippen LogP contribution in [0, 0.1) is 12.3 Å². The van der Waals surface area contributed by atoms with Gasteiger partial charge in [-0.05, 0) is 39.0 Å². The first-order valence-corrected chi connectivity index (χ1v) is 13.2. The Morgan fingerprint density at radius 3 is 2.11 bits per heavy atom. The summed E-state index contributed by atoms with van der Waals surface area (Å²) in [5.41, 5.74) is -0.122. The monoisotopic (exact) mass is 426 g/mol. The number of unbranched alkanes of at least 4 members (excludes halogenated alkanes) is 3. The average molecular weight is 426 g/mol. The summed E-state index contributed by atoms with van der Waals surface area (Å²) in [6, 6.07) is 0. The third-order valence-corrected chi connectivity index (χ3v) is 7.80. The zero-order valence-electron chi connectivity index (χ0n) is 17.0. The lowest BCUT2D eigenvalue weighted by atomic mass is 9.82. The lowest BCUT2D eigenvalue weighted by Gasteiger charge is -2.39. The Morgan fingerprint density at radius 1 is 1.00 bits per heavy atom. The molecule has 9 heteroatoms. The molecule has 27 heavy (non-hydrogen) atoms. The summed E-state index contributed by atoms with van der Waals surface area (Å²) in [5.74, 6) is 0. The molecule has 1 aliphatic heterocycles. The third-order valence-electron chi connectivity index (χ3n) is 4.66. The second kappa shape index (κ2) is 12.7. The molecule has 0 aromatic rings. The van der Waals surface area contributed by atoms with Crippen molar-refractivity contribution in [3.8, 4) is 0 Å². The maximum atomic E-state index is 12.8. The van der Waals surface area contributed by atoms with Crippen molar-refractivity contribution in [3.63, 3.8) is 0 Å². The Kier molecular flexibility index (Phi) is 11.9. The van der Waals surface area contributed by atoms with Crippen LogP contribution in [0.1, 0.15) is 72.1 Å². The van der Waals surface area contributed by atoms with E-state index in [2.05, 4.69) is 13.8 Å². The molecular formula is C18H36O7P2. The van der Waals surface area contributed by atoms with E-state index in [1.165, 1.54) is 0 Å². The van der Waals surface area contributed by atoms with Crippen LogP contribution in [-0.2, 0) is 31.7 Å². The highest BCUT2D eigenvalue weighted by Gasteiger charge is 2.42. The van der Waals surface area contributed by atoms with Gasteiger partial charge >= 0.3 is 15.4 Å². The number of rotatable bonds is 15. The van der Waals surface area contributed by atoms with E-state index in [9.17, 15) is 9.13 Å². The largest absolute Gasteiger partial charge is 0.475 e.